The fourth-order valence-electron chi connectivity index (χ4n) is 1.10. The number of nitrogens with one attached hydrogen (secondary N) is 1. The summed E-state index contributed by atoms with van der Waals surface area (Å²) in [5.74, 6) is 0.150. The summed E-state index contributed by atoms with van der Waals surface area (Å²) in [5, 5.41) is 4.90. The lowest BCUT2D eigenvalue weighted by molar-refractivity contribution is 0.102. The second-order valence-corrected chi connectivity index (χ2v) is 5.06. The number of halogens is 2. The van der Waals surface area contributed by atoms with E-state index in [0.717, 1.165) is 4.47 Å². The van der Waals surface area contributed by atoms with Gasteiger partial charge in [0, 0.05) is 10.7 Å². The molecule has 0 aromatic carbocycles. The summed E-state index contributed by atoms with van der Waals surface area (Å²) in [7, 11) is 0. The first-order valence-corrected chi connectivity index (χ1v) is 6.38. The average molecular weight is 318 g/mol. The Morgan fingerprint density at radius 2 is 2.31 bits per heavy atom. The molecule has 2 aromatic rings. The first-order valence-electron chi connectivity index (χ1n) is 4.33. The van der Waals surface area contributed by atoms with Crippen LogP contribution in [0.5, 0.6) is 0 Å². The highest BCUT2D eigenvalue weighted by molar-refractivity contribution is 9.10. The van der Waals surface area contributed by atoms with Crippen LogP contribution in [-0.4, -0.2) is 10.9 Å². The predicted molar refractivity (Wildman–Crippen MR) is 69.2 cm³/mol. The molecule has 0 fully saturated rings. The Hall–Kier alpha value is -0.910. The van der Waals surface area contributed by atoms with E-state index in [1.807, 2.05) is 11.4 Å². The van der Waals surface area contributed by atoms with Gasteiger partial charge in [-0.3, -0.25) is 4.79 Å². The maximum atomic E-state index is 11.8. The number of nitrogens with zero attached hydrogens (tertiary/aromatic N) is 1. The molecule has 0 saturated carbocycles. The highest BCUT2D eigenvalue weighted by Gasteiger charge is 2.13. The Bertz CT molecular complexity index is 529. The fraction of sp³-hybridized carbons (Fsp3) is 0. The molecule has 0 aliphatic carbocycles. The first kappa shape index (κ1) is 11.6. The van der Waals surface area contributed by atoms with Crippen LogP contribution in [0.4, 0.5) is 5.82 Å². The van der Waals surface area contributed by atoms with Gasteiger partial charge in [0.15, 0.2) is 5.82 Å². The molecule has 82 valence electrons. The van der Waals surface area contributed by atoms with Crippen molar-refractivity contribution in [1.82, 2.24) is 4.98 Å². The zero-order chi connectivity index (χ0) is 11.5. The Balaban J connectivity index is 2.21. The van der Waals surface area contributed by atoms with Gasteiger partial charge in [0.2, 0.25) is 0 Å². The maximum absolute atomic E-state index is 11.8. The largest absolute Gasteiger partial charge is 0.305 e. The zero-order valence-corrected chi connectivity index (χ0v) is 11.1. The average Bonchev–Trinajstić information content (AvgIpc) is 2.68. The van der Waals surface area contributed by atoms with E-state index >= 15 is 0 Å². The van der Waals surface area contributed by atoms with E-state index in [2.05, 4.69) is 26.2 Å². The number of carbonyl (C=O) groups excluding carboxylic acids is 1. The molecule has 0 spiro atoms. The minimum absolute atomic E-state index is 0.220. The normalized spacial score (nSPS) is 10.1. The fourth-order valence-corrected chi connectivity index (χ4v) is 2.71. The Labute approximate surface area is 110 Å². The van der Waals surface area contributed by atoms with Crippen molar-refractivity contribution in [2.45, 2.75) is 0 Å². The number of rotatable bonds is 2. The molecule has 0 aliphatic rings. The molecule has 2 rings (SSSR count). The maximum Gasteiger partial charge on any atom is 0.268 e. The van der Waals surface area contributed by atoms with Crippen LogP contribution in [0.15, 0.2) is 34.2 Å². The van der Waals surface area contributed by atoms with Crippen molar-refractivity contribution >= 4 is 50.6 Å². The second-order valence-electron chi connectivity index (χ2n) is 2.89. The van der Waals surface area contributed by atoms with Crippen LogP contribution in [0.3, 0.4) is 0 Å². The van der Waals surface area contributed by atoms with E-state index < -0.39 is 0 Å². The number of hydrogen-bond donors (Lipinski definition) is 1. The summed E-state index contributed by atoms with van der Waals surface area (Å²) in [6.45, 7) is 0. The third-order valence-electron chi connectivity index (χ3n) is 1.81. The third-order valence-corrected chi connectivity index (χ3v) is 3.96. The second kappa shape index (κ2) is 4.95. The third kappa shape index (κ3) is 2.42. The standard InChI is InChI=1S/C10H6BrClN2OS/c11-6-3-5-16-8(6)10(15)14-9-7(12)2-1-4-13-9/h1-5H,(H,13,14,15). The van der Waals surface area contributed by atoms with Crippen LogP contribution < -0.4 is 5.32 Å². The van der Waals surface area contributed by atoms with Gasteiger partial charge in [-0.25, -0.2) is 4.98 Å². The van der Waals surface area contributed by atoms with Crippen molar-refractivity contribution in [3.05, 3.63) is 44.1 Å². The van der Waals surface area contributed by atoms with Crippen molar-refractivity contribution in [3.63, 3.8) is 0 Å². The van der Waals surface area contributed by atoms with Crippen LogP contribution in [-0.2, 0) is 0 Å². The molecule has 16 heavy (non-hydrogen) atoms. The van der Waals surface area contributed by atoms with Gasteiger partial charge >= 0.3 is 0 Å². The Morgan fingerprint density at radius 1 is 1.50 bits per heavy atom. The highest BCUT2D eigenvalue weighted by atomic mass is 79.9. The van der Waals surface area contributed by atoms with Crippen molar-refractivity contribution in [1.29, 1.82) is 0 Å². The van der Waals surface area contributed by atoms with Gasteiger partial charge < -0.3 is 5.32 Å². The van der Waals surface area contributed by atoms with Crippen LogP contribution >= 0.6 is 38.9 Å². The van der Waals surface area contributed by atoms with Gasteiger partial charge in [0.05, 0.1) is 5.02 Å². The number of pyridine rings is 1. The molecule has 2 aromatic heterocycles. The van der Waals surface area contributed by atoms with Gasteiger partial charge in [0.1, 0.15) is 4.88 Å². The lowest BCUT2D eigenvalue weighted by Gasteiger charge is -2.04. The van der Waals surface area contributed by atoms with Crippen LogP contribution in [0.2, 0.25) is 5.02 Å². The lowest BCUT2D eigenvalue weighted by atomic mass is 10.4. The monoisotopic (exact) mass is 316 g/mol. The molecule has 2 heterocycles. The zero-order valence-electron chi connectivity index (χ0n) is 7.91. The van der Waals surface area contributed by atoms with Gasteiger partial charge in [-0.15, -0.1) is 11.3 Å². The Morgan fingerprint density at radius 3 is 2.94 bits per heavy atom. The summed E-state index contributed by atoms with van der Waals surface area (Å²) < 4.78 is 0.766. The number of anilines is 1. The van der Waals surface area contributed by atoms with Crippen molar-refractivity contribution in [2.75, 3.05) is 5.32 Å². The van der Waals surface area contributed by atoms with E-state index in [1.54, 1.807) is 18.3 Å². The molecule has 0 radical (unpaired) electrons. The summed E-state index contributed by atoms with van der Waals surface area (Å²) >= 11 is 10.5. The topological polar surface area (TPSA) is 42.0 Å². The number of carbonyl (C=O) groups is 1. The quantitative estimate of drug-likeness (QED) is 0.915. The Kier molecular flexibility index (Phi) is 3.58. The van der Waals surface area contributed by atoms with Gasteiger partial charge in [-0.05, 0) is 39.5 Å². The lowest BCUT2D eigenvalue weighted by Crippen LogP contribution is -2.12. The molecule has 0 aliphatic heterocycles. The van der Waals surface area contributed by atoms with E-state index in [0.29, 0.717) is 15.7 Å². The molecule has 1 amide bonds. The number of hydrogen-bond acceptors (Lipinski definition) is 3. The van der Waals surface area contributed by atoms with Crippen molar-refractivity contribution in [2.24, 2.45) is 0 Å². The molecule has 0 atom stereocenters. The molecule has 0 unspecified atom stereocenters. The van der Waals surface area contributed by atoms with Crippen LogP contribution in [0.1, 0.15) is 9.67 Å². The van der Waals surface area contributed by atoms with E-state index in [1.165, 1.54) is 11.3 Å². The summed E-state index contributed by atoms with van der Waals surface area (Å²) in [5.41, 5.74) is 0. The van der Waals surface area contributed by atoms with E-state index in [9.17, 15) is 4.79 Å². The molecular weight excluding hydrogens is 312 g/mol. The minimum Gasteiger partial charge on any atom is -0.305 e. The first-order chi connectivity index (χ1) is 7.68. The molecular formula is C10H6BrClN2OS. The SMILES string of the molecule is O=C(Nc1ncccc1Cl)c1sccc1Br. The predicted octanol–water partition coefficient (Wildman–Crippen LogP) is 3.81. The van der Waals surface area contributed by atoms with E-state index in [-0.39, 0.29) is 5.91 Å². The van der Waals surface area contributed by atoms with E-state index in [4.69, 9.17) is 11.6 Å². The highest BCUT2D eigenvalue weighted by Crippen LogP contribution is 2.25. The number of aromatic nitrogens is 1. The van der Waals surface area contributed by atoms with Crippen molar-refractivity contribution in [3.8, 4) is 0 Å². The summed E-state index contributed by atoms with van der Waals surface area (Å²) in [6, 6.07) is 5.20. The number of thiophene rings is 1. The summed E-state index contributed by atoms with van der Waals surface area (Å²) in [4.78, 5) is 16.4. The minimum atomic E-state index is -0.220. The number of amides is 1. The molecule has 0 saturated heterocycles. The van der Waals surface area contributed by atoms with Crippen LogP contribution in [0.25, 0.3) is 0 Å². The van der Waals surface area contributed by atoms with Gasteiger partial charge in [0.25, 0.3) is 5.91 Å². The molecule has 0 bridgehead atoms. The molecule has 1 N–H and O–H groups in total. The van der Waals surface area contributed by atoms with Gasteiger partial charge in [-0.1, -0.05) is 11.6 Å². The summed E-state index contributed by atoms with van der Waals surface area (Å²) in [6.07, 6.45) is 1.57. The van der Waals surface area contributed by atoms with Crippen LogP contribution in [0, 0.1) is 0 Å². The molecule has 3 nitrogen and oxygen atoms in total. The van der Waals surface area contributed by atoms with Crippen molar-refractivity contribution < 1.29 is 4.79 Å². The van der Waals surface area contributed by atoms with Gasteiger partial charge in [-0.2, -0.15) is 0 Å². The smallest absolute Gasteiger partial charge is 0.268 e. The molecule has 6 heteroatoms.